The predicted octanol–water partition coefficient (Wildman–Crippen LogP) is 4.91. The molecule has 0 atom stereocenters. The number of nitrogens with zero attached hydrogens (tertiary/aromatic N) is 1. The van der Waals surface area contributed by atoms with Crippen LogP contribution < -0.4 is 4.31 Å². The SMILES string of the molecule is CCCCN(c1sc2ccccc2c1C(C)(C)O)S(=O)(=O)c1ccc(C(=O)OC)cc1. The number of anilines is 1. The zero-order valence-electron chi connectivity index (χ0n) is 18.1. The van der Waals surface area contributed by atoms with Gasteiger partial charge in [0.2, 0.25) is 0 Å². The van der Waals surface area contributed by atoms with Crippen LogP contribution in [0.15, 0.2) is 53.4 Å². The number of esters is 1. The molecule has 0 aliphatic carbocycles. The first-order valence-corrected chi connectivity index (χ1v) is 12.3. The number of fused-ring (bicyclic) bond motifs is 1. The van der Waals surface area contributed by atoms with Gasteiger partial charge in [0, 0.05) is 22.2 Å². The van der Waals surface area contributed by atoms with E-state index in [0.717, 1.165) is 16.5 Å². The van der Waals surface area contributed by atoms with Crippen LogP contribution in [0.4, 0.5) is 5.00 Å². The van der Waals surface area contributed by atoms with E-state index in [0.29, 0.717) is 17.0 Å². The fourth-order valence-corrected chi connectivity index (χ4v) is 6.55. The zero-order chi connectivity index (χ0) is 22.8. The maximum atomic E-state index is 13.7. The molecule has 3 aromatic rings. The van der Waals surface area contributed by atoms with Gasteiger partial charge in [-0.2, -0.15) is 0 Å². The van der Waals surface area contributed by atoms with Crippen LogP contribution in [0.5, 0.6) is 0 Å². The molecule has 0 radical (unpaired) electrons. The summed E-state index contributed by atoms with van der Waals surface area (Å²) in [4.78, 5) is 11.8. The van der Waals surface area contributed by atoms with Gasteiger partial charge in [-0.25, -0.2) is 13.2 Å². The highest BCUT2D eigenvalue weighted by molar-refractivity contribution is 7.93. The smallest absolute Gasteiger partial charge is 0.337 e. The van der Waals surface area contributed by atoms with E-state index in [4.69, 9.17) is 4.74 Å². The van der Waals surface area contributed by atoms with E-state index in [1.165, 1.54) is 47.0 Å². The van der Waals surface area contributed by atoms with Crippen molar-refractivity contribution in [1.82, 2.24) is 0 Å². The fourth-order valence-electron chi connectivity index (χ4n) is 3.44. The van der Waals surface area contributed by atoms with Crippen molar-refractivity contribution in [3.05, 3.63) is 59.7 Å². The van der Waals surface area contributed by atoms with Crippen LogP contribution in [0.1, 0.15) is 49.5 Å². The average Bonchev–Trinajstić information content (AvgIpc) is 3.13. The Balaban J connectivity index is 2.18. The van der Waals surface area contributed by atoms with Crippen molar-refractivity contribution >= 4 is 42.4 Å². The van der Waals surface area contributed by atoms with Gasteiger partial charge >= 0.3 is 5.97 Å². The van der Waals surface area contributed by atoms with Crippen LogP contribution in [-0.2, 0) is 20.4 Å². The summed E-state index contributed by atoms with van der Waals surface area (Å²) in [6.45, 7) is 5.62. The topological polar surface area (TPSA) is 83.9 Å². The summed E-state index contributed by atoms with van der Waals surface area (Å²) in [6, 6.07) is 13.3. The lowest BCUT2D eigenvalue weighted by Gasteiger charge is -2.28. The Morgan fingerprint density at radius 1 is 1.13 bits per heavy atom. The summed E-state index contributed by atoms with van der Waals surface area (Å²) in [6.07, 6.45) is 1.48. The van der Waals surface area contributed by atoms with E-state index in [9.17, 15) is 18.3 Å². The van der Waals surface area contributed by atoms with Gasteiger partial charge in [0.05, 0.1) is 23.2 Å². The maximum absolute atomic E-state index is 13.7. The number of ether oxygens (including phenoxy) is 1. The molecule has 31 heavy (non-hydrogen) atoms. The number of hydrogen-bond donors (Lipinski definition) is 1. The molecule has 3 rings (SSSR count). The highest BCUT2D eigenvalue weighted by atomic mass is 32.2. The molecule has 0 unspecified atom stereocenters. The van der Waals surface area contributed by atoms with Crippen LogP contribution >= 0.6 is 11.3 Å². The van der Waals surface area contributed by atoms with Gasteiger partial charge in [-0.1, -0.05) is 31.5 Å². The van der Waals surface area contributed by atoms with Gasteiger partial charge in [-0.3, -0.25) is 4.31 Å². The number of carbonyl (C=O) groups excluding carboxylic acids is 1. The Kier molecular flexibility index (Phi) is 6.73. The molecule has 1 aromatic heterocycles. The van der Waals surface area contributed by atoms with Gasteiger partial charge in [-0.15, -0.1) is 11.3 Å². The minimum absolute atomic E-state index is 0.0791. The second-order valence-corrected chi connectivity index (χ2v) is 10.7. The number of aliphatic hydroxyl groups is 1. The molecule has 166 valence electrons. The normalized spacial score (nSPS) is 12.2. The van der Waals surface area contributed by atoms with Crippen molar-refractivity contribution in [3.8, 4) is 0 Å². The highest BCUT2D eigenvalue weighted by Gasteiger charge is 2.34. The third-order valence-electron chi connectivity index (χ3n) is 4.99. The Labute approximate surface area is 187 Å². The number of methoxy groups -OCH3 is 1. The number of sulfonamides is 1. The lowest BCUT2D eigenvalue weighted by atomic mass is 9.97. The molecule has 0 spiro atoms. The highest BCUT2D eigenvalue weighted by Crippen LogP contribution is 2.45. The molecule has 0 saturated carbocycles. The first-order valence-electron chi connectivity index (χ1n) is 10.1. The third-order valence-corrected chi connectivity index (χ3v) is 8.12. The Bertz CT molecular complexity index is 1170. The van der Waals surface area contributed by atoms with Crippen LogP contribution in [0.3, 0.4) is 0 Å². The molecular weight excluding hydrogens is 434 g/mol. The second-order valence-electron chi connectivity index (χ2n) is 7.78. The molecule has 0 amide bonds. The molecule has 1 heterocycles. The summed E-state index contributed by atoms with van der Waals surface area (Å²) in [5, 5.41) is 12.3. The second kappa shape index (κ2) is 8.98. The number of carbonyl (C=O) groups is 1. The molecule has 0 aliphatic heterocycles. The summed E-state index contributed by atoms with van der Waals surface area (Å²) < 4.78 is 34.4. The van der Waals surface area contributed by atoms with Gasteiger partial charge in [0.1, 0.15) is 5.00 Å². The minimum atomic E-state index is -3.93. The first kappa shape index (κ1) is 23.2. The van der Waals surface area contributed by atoms with Gasteiger partial charge < -0.3 is 9.84 Å². The van der Waals surface area contributed by atoms with Gasteiger partial charge in [-0.05, 0) is 50.6 Å². The van der Waals surface area contributed by atoms with Gasteiger partial charge in [0.25, 0.3) is 10.0 Å². The van der Waals surface area contributed by atoms with Crippen LogP contribution in [0, 0.1) is 0 Å². The van der Waals surface area contributed by atoms with Crippen molar-refractivity contribution in [3.63, 3.8) is 0 Å². The zero-order valence-corrected chi connectivity index (χ0v) is 19.7. The number of hydrogen-bond acceptors (Lipinski definition) is 6. The number of thiophene rings is 1. The summed E-state index contributed by atoms with van der Waals surface area (Å²) >= 11 is 1.36. The van der Waals surface area contributed by atoms with Crippen molar-refractivity contribution in [1.29, 1.82) is 0 Å². The van der Waals surface area contributed by atoms with E-state index in [2.05, 4.69) is 0 Å². The largest absolute Gasteiger partial charge is 0.465 e. The van der Waals surface area contributed by atoms with E-state index in [-0.39, 0.29) is 17.0 Å². The van der Waals surface area contributed by atoms with Crippen molar-refractivity contribution < 1.29 is 23.1 Å². The number of benzene rings is 2. The fraction of sp³-hybridized carbons (Fsp3) is 0.348. The van der Waals surface area contributed by atoms with Crippen LogP contribution in [-0.4, -0.2) is 33.1 Å². The monoisotopic (exact) mass is 461 g/mol. The van der Waals surface area contributed by atoms with E-state index >= 15 is 0 Å². The molecule has 8 heteroatoms. The lowest BCUT2D eigenvalue weighted by Crippen LogP contribution is -2.33. The Morgan fingerprint density at radius 2 is 1.77 bits per heavy atom. The molecular formula is C23H27NO5S2. The standard InChI is InChI=1S/C23H27NO5S2/c1-5-6-15-24(31(27,28)17-13-11-16(12-14-17)22(25)29-4)21-20(23(2,3)26)18-9-7-8-10-19(18)30-21/h7-14,26H,5-6,15H2,1-4H3. The molecule has 2 aromatic carbocycles. The van der Waals surface area contributed by atoms with E-state index < -0.39 is 21.6 Å². The Hall–Kier alpha value is -2.42. The van der Waals surface area contributed by atoms with Crippen LogP contribution in [0.2, 0.25) is 0 Å². The summed E-state index contributed by atoms with van der Waals surface area (Å²) in [5.74, 6) is -0.527. The number of rotatable bonds is 8. The average molecular weight is 462 g/mol. The minimum Gasteiger partial charge on any atom is -0.465 e. The predicted molar refractivity (Wildman–Crippen MR) is 124 cm³/mol. The molecule has 0 bridgehead atoms. The number of unbranched alkanes of at least 4 members (excludes halogenated alkanes) is 1. The molecule has 1 N–H and O–H groups in total. The summed E-state index contributed by atoms with van der Waals surface area (Å²) in [5.41, 5.74) is -0.358. The molecule has 0 saturated heterocycles. The molecule has 0 aliphatic rings. The van der Waals surface area contributed by atoms with Gasteiger partial charge in [0.15, 0.2) is 0 Å². The first-order chi connectivity index (χ1) is 14.6. The quantitative estimate of drug-likeness (QED) is 0.482. The molecule has 6 nitrogen and oxygen atoms in total. The third kappa shape index (κ3) is 4.61. The van der Waals surface area contributed by atoms with Crippen molar-refractivity contribution in [2.75, 3.05) is 18.0 Å². The van der Waals surface area contributed by atoms with E-state index in [1.807, 2.05) is 31.2 Å². The summed E-state index contributed by atoms with van der Waals surface area (Å²) in [7, 11) is -2.65. The lowest BCUT2D eigenvalue weighted by molar-refractivity contribution is 0.0600. The molecule has 0 fully saturated rings. The van der Waals surface area contributed by atoms with Crippen LogP contribution in [0.25, 0.3) is 10.1 Å². The van der Waals surface area contributed by atoms with E-state index in [1.54, 1.807) is 13.8 Å². The Morgan fingerprint density at radius 3 is 2.35 bits per heavy atom. The van der Waals surface area contributed by atoms with Crippen molar-refractivity contribution in [2.45, 2.75) is 44.1 Å². The maximum Gasteiger partial charge on any atom is 0.337 e. The van der Waals surface area contributed by atoms with Crippen molar-refractivity contribution in [2.24, 2.45) is 0 Å².